The maximum Gasteiger partial charge on any atom is 0.271 e. The van der Waals surface area contributed by atoms with Crippen molar-refractivity contribution in [2.75, 3.05) is 0 Å². The molecule has 0 saturated heterocycles. The Bertz CT molecular complexity index is 301. The van der Waals surface area contributed by atoms with Gasteiger partial charge in [-0.1, -0.05) is 0 Å². The van der Waals surface area contributed by atoms with Gasteiger partial charge in [-0.25, -0.2) is 4.68 Å². The first-order valence-electron chi connectivity index (χ1n) is 3.96. The Labute approximate surface area is 71.0 Å². The zero-order chi connectivity index (χ0) is 9.14. The van der Waals surface area contributed by atoms with Crippen LogP contribution in [0.2, 0.25) is 0 Å². The Balaban J connectivity index is 3.32. The summed E-state index contributed by atoms with van der Waals surface area (Å²) in [6.07, 6.45) is 0. The fourth-order valence-corrected chi connectivity index (χ4v) is 1.10. The first-order chi connectivity index (χ1) is 5.69. The molecule has 12 heavy (non-hydrogen) atoms. The van der Waals surface area contributed by atoms with Crippen molar-refractivity contribution in [2.45, 2.75) is 26.9 Å². The number of nitrogens with zero attached hydrogens (tertiary/aromatic N) is 2. The quantitative estimate of drug-likeness (QED) is 0.676. The molecule has 0 bridgehead atoms. The summed E-state index contributed by atoms with van der Waals surface area (Å²) < 4.78 is 1.43. The van der Waals surface area contributed by atoms with Crippen LogP contribution in [0, 0.1) is 6.92 Å². The van der Waals surface area contributed by atoms with Crippen molar-refractivity contribution in [3.63, 3.8) is 0 Å². The molecule has 2 N–H and O–H groups in total. The Morgan fingerprint density at radius 3 is 2.83 bits per heavy atom. The number of aromatic nitrogens is 2. The van der Waals surface area contributed by atoms with Gasteiger partial charge >= 0.3 is 0 Å². The van der Waals surface area contributed by atoms with E-state index in [1.165, 1.54) is 4.68 Å². The number of hydrogen-bond acceptors (Lipinski definition) is 3. The molecule has 66 valence electrons. The molecule has 0 radical (unpaired) electrons. The van der Waals surface area contributed by atoms with E-state index in [0.717, 1.165) is 5.69 Å². The van der Waals surface area contributed by atoms with Gasteiger partial charge in [0.1, 0.15) is 0 Å². The summed E-state index contributed by atoms with van der Waals surface area (Å²) >= 11 is 0. The SMILES string of the molecule is CCn1nc(C)cc(CN)c1=O. The van der Waals surface area contributed by atoms with Crippen molar-refractivity contribution in [3.8, 4) is 0 Å². The minimum Gasteiger partial charge on any atom is -0.326 e. The van der Waals surface area contributed by atoms with Crippen LogP contribution in [0.3, 0.4) is 0 Å². The molecule has 0 saturated carbocycles. The van der Waals surface area contributed by atoms with Crippen LogP contribution in [0.1, 0.15) is 18.2 Å². The van der Waals surface area contributed by atoms with Gasteiger partial charge in [0.15, 0.2) is 0 Å². The van der Waals surface area contributed by atoms with E-state index in [9.17, 15) is 4.79 Å². The van der Waals surface area contributed by atoms with Crippen LogP contribution >= 0.6 is 0 Å². The molecule has 1 aromatic heterocycles. The van der Waals surface area contributed by atoms with Crippen LogP contribution in [0.4, 0.5) is 0 Å². The van der Waals surface area contributed by atoms with E-state index < -0.39 is 0 Å². The van der Waals surface area contributed by atoms with Gasteiger partial charge in [0.2, 0.25) is 0 Å². The third kappa shape index (κ3) is 1.53. The summed E-state index contributed by atoms with van der Waals surface area (Å²) in [4.78, 5) is 11.4. The highest BCUT2D eigenvalue weighted by atomic mass is 16.1. The fraction of sp³-hybridized carbons (Fsp3) is 0.500. The second-order valence-electron chi connectivity index (χ2n) is 2.64. The lowest BCUT2D eigenvalue weighted by Gasteiger charge is -2.04. The topological polar surface area (TPSA) is 60.9 Å². The molecule has 0 aromatic carbocycles. The van der Waals surface area contributed by atoms with Crippen molar-refractivity contribution in [2.24, 2.45) is 5.73 Å². The van der Waals surface area contributed by atoms with Gasteiger partial charge in [0.25, 0.3) is 5.56 Å². The molecule has 0 spiro atoms. The minimum atomic E-state index is -0.0781. The molecule has 1 rings (SSSR count). The predicted octanol–water partition coefficient (Wildman–Crippen LogP) is 0.0303. The van der Waals surface area contributed by atoms with Crippen LogP contribution in [0.5, 0.6) is 0 Å². The van der Waals surface area contributed by atoms with Crippen molar-refractivity contribution >= 4 is 0 Å². The summed E-state index contributed by atoms with van der Waals surface area (Å²) in [6, 6.07) is 1.73. The van der Waals surface area contributed by atoms with Gasteiger partial charge in [-0.2, -0.15) is 5.10 Å². The average molecular weight is 167 g/mol. The molecule has 0 atom stereocenters. The lowest BCUT2D eigenvalue weighted by molar-refractivity contribution is 0.597. The van der Waals surface area contributed by atoms with Crippen molar-refractivity contribution in [1.29, 1.82) is 0 Å². The molecule has 4 nitrogen and oxygen atoms in total. The molecular weight excluding hydrogens is 154 g/mol. The van der Waals surface area contributed by atoms with E-state index in [4.69, 9.17) is 5.73 Å². The first kappa shape index (κ1) is 8.93. The zero-order valence-electron chi connectivity index (χ0n) is 7.37. The Hall–Kier alpha value is -1.16. The van der Waals surface area contributed by atoms with Gasteiger partial charge in [0, 0.05) is 18.7 Å². The van der Waals surface area contributed by atoms with Crippen LogP contribution in [-0.4, -0.2) is 9.78 Å². The van der Waals surface area contributed by atoms with Crippen LogP contribution < -0.4 is 11.3 Å². The predicted molar refractivity (Wildman–Crippen MR) is 46.8 cm³/mol. The van der Waals surface area contributed by atoms with Crippen molar-refractivity contribution in [3.05, 3.63) is 27.7 Å². The summed E-state index contributed by atoms with van der Waals surface area (Å²) in [6.45, 7) is 4.61. The summed E-state index contributed by atoms with van der Waals surface area (Å²) in [7, 11) is 0. The molecule has 1 heterocycles. The van der Waals surface area contributed by atoms with Gasteiger partial charge in [0.05, 0.1) is 5.69 Å². The molecule has 0 aliphatic carbocycles. The Morgan fingerprint density at radius 2 is 2.33 bits per heavy atom. The number of aryl methyl sites for hydroxylation is 2. The van der Waals surface area contributed by atoms with Crippen molar-refractivity contribution in [1.82, 2.24) is 9.78 Å². The highest BCUT2D eigenvalue weighted by molar-refractivity contribution is 5.11. The lowest BCUT2D eigenvalue weighted by atomic mass is 10.2. The Kier molecular flexibility index (Phi) is 2.60. The monoisotopic (exact) mass is 167 g/mol. The molecule has 1 aromatic rings. The fourth-order valence-electron chi connectivity index (χ4n) is 1.10. The molecule has 0 unspecified atom stereocenters. The van der Waals surface area contributed by atoms with Gasteiger partial charge < -0.3 is 5.73 Å². The number of hydrogen-bond donors (Lipinski definition) is 1. The van der Waals surface area contributed by atoms with Gasteiger partial charge in [-0.3, -0.25) is 4.79 Å². The van der Waals surface area contributed by atoms with Crippen LogP contribution in [0.15, 0.2) is 10.9 Å². The van der Waals surface area contributed by atoms with Crippen molar-refractivity contribution < 1.29 is 0 Å². The van der Waals surface area contributed by atoms with Gasteiger partial charge in [-0.05, 0) is 19.9 Å². The normalized spacial score (nSPS) is 10.2. The molecular formula is C8H13N3O. The number of rotatable bonds is 2. The van der Waals surface area contributed by atoms with E-state index in [-0.39, 0.29) is 12.1 Å². The number of nitrogens with two attached hydrogens (primary N) is 1. The first-order valence-corrected chi connectivity index (χ1v) is 3.96. The van der Waals surface area contributed by atoms with E-state index >= 15 is 0 Å². The minimum absolute atomic E-state index is 0.0781. The average Bonchev–Trinajstić information content (AvgIpc) is 2.08. The maximum absolute atomic E-state index is 11.4. The summed E-state index contributed by atoms with van der Waals surface area (Å²) in [5.74, 6) is 0. The van der Waals surface area contributed by atoms with E-state index in [2.05, 4.69) is 5.10 Å². The highest BCUT2D eigenvalue weighted by Gasteiger charge is 2.02. The second kappa shape index (κ2) is 3.49. The summed E-state index contributed by atoms with van der Waals surface area (Å²) in [5.41, 5.74) is 6.78. The second-order valence-corrected chi connectivity index (χ2v) is 2.64. The Morgan fingerprint density at radius 1 is 1.67 bits per heavy atom. The summed E-state index contributed by atoms with van der Waals surface area (Å²) in [5, 5.41) is 4.05. The molecule has 0 aliphatic heterocycles. The van der Waals surface area contributed by atoms with E-state index in [1.54, 1.807) is 6.07 Å². The maximum atomic E-state index is 11.4. The van der Waals surface area contributed by atoms with Gasteiger partial charge in [-0.15, -0.1) is 0 Å². The molecule has 0 aliphatic rings. The molecule has 4 heteroatoms. The highest BCUT2D eigenvalue weighted by Crippen LogP contribution is 1.93. The van der Waals surface area contributed by atoms with E-state index in [1.807, 2.05) is 13.8 Å². The molecule has 0 amide bonds. The third-order valence-corrected chi connectivity index (χ3v) is 1.69. The lowest BCUT2D eigenvalue weighted by Crippen LogP contribution is -2.27. The molecule has 0 fully saturated rings. The zero-order valence-corrected chi connectivity index (χ0v) is 7.37. The van der Waals surface area contributed by atoms with E-state index in [0.29, 0.717) is 12.1 Å². The smallest absolute Gasteiger partial charge is 0.271 e. The standard InChI is InChI=1S/C8H13N3O/c1-3-11-8(12)7(5-9)4-6(2)10-11/h4H,3,5,9H2,1-2H3. The van der Waals surface area contributed by atoms with Crippen LogP contribution in [-0.2, 0) is 13.1 Å². The van der Waals surface area contributed by atoms with Crippen LogP contribution in [0.25, 0.3) is 0 Å². The largest absolute Gasteiger partial charge is 0.326 e. The third-order valence-electron chi connectivity index (χ3n) is 1.69.